The molecular weight excluding hydrogens is 248 g/mol. The summed E-state index contributed by atoms with van der Waals surface area (Å²) in [5.41, 5.74) is 0.918. The number of phenols is 1. The summed E-state index contributed by atoms with van der Waals surface area (Å²) in [7, 11) is 4.26. The number of aromatic hydroxyl groups is 1. The maximum atomic E-state index is 9.84. The molecule has 1 aliphatic heterocycles. The maximum absolute atomic E-state index is 9.84. The molecule has 0 amide bonds. The van der Waals surface area contributed by atoms with Gasteiger partial charge < -0.3 is 10.0 Å². The van der Waals surface area contributed by atoms with Gasteiger partial charge in [0.15, 0.2) is 0 Å². The van der Waals surface area contributed by atoms with Gasteiger partial charge >= 0.3 is 0 Å². The summed E-state index contributed by atoms with van der Waals surface area (Å²) in [4.78, 5) is 4.67. The number of phenolic OH excluding ortho intramolecular Hbond substituents is 1. The molecule has 18 heavy (non-hydrogen) atoms. The van der Waals surface area contributed by atoms with E-state index in [1.807, 2.05) is 6.07 Å². The first kappa shape index (κ1) is 13.7. The molecule has 1 N–H and O–H groups in total. The molecule has 3 nitrogen and oxygen atoms in total. The van der Waals surface area contributed by atoms with Crippen LogP contribution < -0.4 is 0 Å². The fourth-order valence-corrected chi connectivity index (χ4v) is 2.71. The third-order valence-corrected chi connectivity index (χ3v) is 3.88. The first-order chi connectivity index (χ1) is 8.56. The van der Waals surface area contributed by atoms with Crippen molar-refractivity contribution in [2.24, 2.45) is 0 Å². The maximum Gasteiger partial charge on any atom is 0.120 e. The second-order valence-corrected chi connectivity index (χ2v) is 5.70. The van der Waals surface area contributed by atoms with Gasteiger partial charge in [-0.05, 0) is 51.7 Å². The Morgan fingerprint density at radius 2 is 2.22 bits per heavy atom. The lowest BCUT2D eigenvalue weighted by Crippen LogP contribution is -2.44. The third kappa shape index (κ3) is 3.37. The number of halogens is 1. The van der Waals surface area contributed by atoms with Crippen molar-refractivity contribution in [2.45, 2.75) is 25.4 Å². The lowest BCUT2D eigenvalue weighted by Gasteiger charge is -2.36. The molecule has 1 atom stereocenters. The van der Waals surface area contributed by atoms with Crippen LogP contribution in [0.15, 0.2) is 18.2 Å². The van der Waals surface area contributed by atoms with Crippen molar-refractivity contribution in [1.82, 2.24) is 9.80 Å². The molecule has 1 aliphatic rings. The number of piperidine rings is 1. The first-order valence-electron chi connectivity index (χ1n) is 6.42. The van der Waals surface area contributed by atoms with Crippen molar-refractivity contribution in [3.05, 3.63) is 28.8 Å². The van der Waals surface area contributed by atoms with Gasteiger partial charge in [0.2, 0.25) is 0 Å². The van der Waals surface area contributed by atoms with E-state index in [1.54, 1.807) is 12.1 Å². The Morgan fingerprint density at radius 1 is 1.44 bits per heavy atom. The standard InChI is InChI=1S/C14H21ClN2O/c1-16(2)13-4-3-7-17(10-13)9-11-8-12(15)5-6-14(11)18/h5-6,8,13,18H,3-4,7,9-10H2,1-2H3. The van der Waals surface area contributed by atoms with Gasteiger partial charge in [0, 0.05) is 29.7 Å². The summed E-state index contributed by atoms with van der Waals surface area (Å²) >= 11 is 5.98. The SMILES string of the molecule is CN(C)C1CCCN(Cc2cc(Cl)ccc2O)C1. The van der Waals surface area contributed by atoms with Crippen LogP contribution in [-0.2, 0) is 6.54 Å². The van der Waals surface area contributed by atoms with Crippen molar-refractivity contribution in [3.63, 3.8) is 0 Å². The highest BCUT2D eigenvalue weighted by molar-refractivity contribution is 6.30. The fraction of sp³-hybridized carbons (Fsp3) is 0.571. The number of hydrogen-bond donors (Lipinski definition) is 1. The molecule has 1 aromatic rings. The summed E-state index contributed by atoms with van der Waals surface area (Å²) < 4.78 is 0. The summed E-state index contributed by atoms with van der Waals surface area (Å²) in [6.45, 7) is 2.92. The Morgan fingerprint density at radius 3 is 2.94 bits per heavy atom. The van der Waals surface area contributed by atoms with Crippen molar-refractivity contribution in [2.75, 3.05) is 27.2 Å². The summed E-state index contributed by atoms with van der Waals surface area (Å²) in [6.07, 6.45) is 2.47. The predicted octanol–water partition coefficient (Wildman–Crippen LogP) is 2.57. The number of hydrogen-bond acceptors (Lipinski definition) is 3. The van der Waals surface area contributed by atoms with Crippen LogP contribution in [0.25, 0.3) is 0 Å². The number of nitrogens with zero attached hydrogens (tertiary/aromatic N) is 2. The van der Waals surface area contributed by atoms with Gasteiger partial charge in [-0.15, -0.1) is 0 Å². The van der Waals surface area contributed by atoms with Crippen LogP contribution in [0.2, 0.25) is 5.02 Å². The van der Waals surface area contributed by atoms with Gasteiger partial charge in [0.1, 0.15) is 5.75 Å². The zero-order valence-corrected chi connectivity index (χ0v) is 11.8. The second-order valence-electron chi connectivity index (χ2n) is 5.27. The quantitative estimate of drug-likeness (QED) is 0.913. The van der Waals surface area contributed by atoms with Crippen LogP contribution in [0, 0.1) is 0 Å². The van der Waals surface area contributed by atoms with Gasteiger partial charge in [-0.25, -0.2) is 0 Å². The average molecular weight is 269 g/mol. The minimum absolute atomic E-state index is 0.339. The zero-order chi connectivity index (χ0) is 13.1. The number of rotatable bonds is 3. The van der Waals surface area contributed by atoms with Gasteiger partial charge in [0.25, 0.3) is 0 Å². The lowest BCUT2D eigenvalue weighted by molar-refractivity contribution is 0.127. The molecule has 0 aliphatic carbocycles. The molecule has 1 aromatic carbocycles. The smallest absolute Gasteiger partial charge is 0.120 e. The van der Waals surface area contributed by atoms with Crippen LogP contribution in [0.3, 0.4) is 0 Å². The molecule has 4 heteroatoms. The fourth-order valence-electron chi connectivity index (χ4n) is 2.52. The van der Waals surface area contributed by atoms with Gasteiger partial charge in [-0.3, -0.25) is 4.90 Å². The molecule has 2 rings (SSSR count). The molecule has 1 fully saturated rings. The van der Waals surface area contributed by atoms with Crippen LogP contribution in [0.4, 0.5) is 0 Å². The summed E-state index contributed by atoms with van der Waals surface area (Å²) in [5.74, 6) is 0.339. The topological polar surface area (TPSA) is 26.7 Å². The van der Waals surface area contributed by atoms with E-state index in [0.29, 0.717) is 16.8 Å². The highest BCUT2D eigenvalue weighted by Crippen LogP contribution is 2.24. The van der Waals surface area contributed by atoms with E-state index in [-0.39, 0.29) is 0 Å². The predicted molar refractivity (Wildman–Crippen MR) is 75.1 cm³/mol. The summed E-state index contributed by atoms with van der Waals surface area (Å²) in [5, 5.41) is 10.5. The normalized spacial score (nSPS) is 21.4. The van der Waals surface area contributed by atoms with E-state index in [0.717, 1.165) is 25.2 Å². The molecule has 0 saturated carbocycles. The Kier molecular flexibility index (Phi) is 4.49. The highest BCUT2D eigenvalue weighted by Gasteiger charge is 2.21. The Balaban J connectivity index is 2.02. The Bertz CT molecular complexity index is 409. The molecule has 1 saturated heterocycles. The second kappa shape index (κ2) is 5.91. The molecule has 100 valence electrons. The minimum atomic E-state index is 0.339. The third-order valence-electron chi connectivity index (χ3n) is 3.65. The van der Waals surface area contributed by atoms with Gasteiger partial charge in [0.05, 0.1) is 0 Å². The largest absolute Gasteiger partial charge is 0.508 e. The van der Waals surface area contributed by atoms with E-state index >= 15 is 0 Å². The number of benzene rings is 1. The van der Waals surface area contributed by atoms with E-state index in [9.17, 15) is 5.11 Å². The molecular formula is C14H21ClN2O. The average Bonchev–Trinajstić information content (AvgIpc) is 2.34. The Labute approximate surface area is 114 Å². The van der Waals surface area contributed by atoms with Crippen molar-refractivity contribution >= 4 is 11.6 Å². The lowest BCUT2D eigenvalue weighted by atomic mass is 10.0. The molecule has 1 unspecified atom stereocenters. The van der Waals surface area contributed by atoms with E-state index in [1.165, 1.54) is 12.8 Å². The van der Waals surface area contributed by atoms with E-state index < -0.39 is 0 Å². The number of likely N-dealkylation sites (tertiary alicyclic amines) is 1. The highest BCUT2D eigenvalue weighted by atomic mass is 35.5. The van der Waals surface area contributed by atoms with Crippen LogP contribution in [0.5, 0.6) is 5.75 Å². The Hall–Kier alpha value is -0.770. The van der Waals surface area contributed by atoms with Crippen LogP contribution in [0.1, 0.15) is 18.4 Å². The van der Waals surface area contributed by atoms with E-state index in [2.05, 4.69) is 23.9 Å². The summed E-state index contributed by atoms with van der Waals surface area (Å²) in [6, 6.07) is 5.86. The molecule has 0 spiro atoms. The molecule has 0 aromatic heterocycles. The zero-order valence-electron chi connectivity index (χ0n) is 11.1. The first-order valence-corrected chi connectivity index (χ1v) is 6.80. The molecule has 0 radical (unpaired) electrons. The van der Waals surface area contributed by atoms with Crippen LogP contribution >= 0.6 is 11.6 Å². The van der Waals surface area contributed by atoms with Gasteiger partial charge in [-0.2, -0.15) is 0 Å². The van der Waals surface area contributed by atoms with Gasteiger partial charge in [-0.1, -0.05) is 11.6 Å². The van der Waals surface area contributed by atoms with Crippen molar-refractivity contribution in [1.29, 1.82) is 0 Å². The van der Waals surface area contributed by atoms with E-state index in [4.69, 9.17) is 11.6 Å². The minimum Gasteiger partial charge on any atom is -0.508 e. The molecule has 0 bridgehead atoms. The van der Waals surface area contributed by atoms with Crippen molar-refractivity contribution in [3.8, 4) is 5.75 Å². The molecule has 1 heterocycles. The van der Waals surface area contributed by atoms with Crippen LogP contribution in [-0.4, -0.2) is 48.1 Å². The van der Waals surface area contributed by atoms with Crippen molar-refractivity contribution < 1.29 is 5.11 Å². The number of likely N-dealkylation sites (N-methyl/N-ethyl adjacent to an activating group) is 1. The monoisotopic (exact) mass is 268 g/mol.